The molecule has 0 saturated carbocycles. The summed E-state index contributed by atoms with van der Waals surface area (Å²) < 4.78 is 38.4. The quantitative estimate of drug-likeness (QED) is 0.654. The summed E-state index contributed by atoms with van der Waals surface area (Å²) in [6.45, 7) is 6.20. The number of benzene rings is 2. The molecule has 0 aliphatic heterocycles. The second kappa shape index (κ2) is 5.54. The largest absolute Gasteiger partial charge is 0.416 e. The molecule has 0 bridgehead atoms. The molecule has 3 nitrogen and oxygen atoms in total. The van der Waals surface area contributed by atoms with Crippen LogP contribution >= 0.6 is 0 Å². The molecule has 126 valence electrons. The predicted octanol–water partition coefficient (Wildman–Crippen LogP) is 5.46. The molecule has 0 saturated heterocycles. The summed E-state index contributed by atoms with van der Waals surface area (Å²) in [5.41, 5.74) is 1.94. The van der Waals surface area contributed by atoms with Gasteiger partial charge >= 0.3 is 6.18 Å². The third-order valence-electron chi connectivity index (χ3n) is 3.49. The van der Waals surface area contributed by atoms with E-state index in [4.69, 9.17) is 0 Å². The van der Waals surface area contributed by atoms with Gasteiger partial charge in [-0.25, -0.2) is 4.98 Å². The number of aromatic amines is 1. The molecule has 0 amide bonds. The summed E-state index contributed by atoms with van der Waals surface area (Å²) in [6.07, 6.45) is -4.36. The first-order valence-corrected chi connectivity index (χ1v) is 7.57. The van der Waals surface area contributed by atoms with E-state index in [2.05, 4.69) is 36.1 Å². The van der Waals surface area contributed by atoms with Gasteiger partial charge in [-0.15, -0.1) is 0 Å². The maximum atomic E-state index is 12.8. The van der Waals surface area contributed by atoms with Crippen LogP contribution in [-0.2, 0) is 6.18 Å². The number of hydrogen-bond donors (Lipinski definition) is 2. The molecule has 2 aromatic carbocycles. The molecule has 0 aliphatic carbocycles. The zero-order valence-electron chi connectivity index (χ0n) is 13.6. The Labute approximate surface area is 137 Å². The van der Waals surface area contributed by atoms with Gasteiger partial charge in [-0.1, -0.05) is 0 Å². The van der Waals surface area contributed by atoms with Gasteiger partial charge in [0.15, 0.2) is 0 Å². The second-order valence-corrected chi connectivity index (χ2v) is 6.77. The fourth-order valence-electron chi connectivity index (χ4n) is 2.47. The molecule has 0 atom stereocenters. The molecule has 0 fully saturated rings. The maximum Gasteiger partial charge on any atom is 0.416 e. The van der Waals surface area contributed by atoms with Crippen molar-refractivity contribution in [3.63, 3.8) is 0 Å². The molecule has 3 rings (SSSR count). The number of aromatic nitrogens is 2. The number of nitrogens with one attached hydrogen (secondary N) is 2. The molecule has 6 heteroatoms. The Morgan fingerprint density at radius 3 is 2.21 bits per heavy atom. The number of nitrogens with zero attached hydrogens (tertiary/aromatic N) is 1. The fraction of sp³-hybridized carbons (Fsp3) is 0.278. The van der Waals surface area contributed by atoms with E-state index in [0.29, 0.717) is 16.9 Å². The molecule has 2 N–H and O–H groups in total. The van der Waals surface area contributed by atoms with E-state index in [1.165, 1.54) is 6.07 Å². The van der Waals surface area contributed by atoms with Crippen LogP contribution in [0.5, 0.6) is 0 Å². The molecule has 24 heavy (non-hydrogen) atoms. The number of rotatable bonds is 2. The highest BCUT2D eigenvalue weighted by Crippen LogP contribution is 2.31. The molecule has 0 unspecified atom stereocenters. The molecule has 0 radical (unpaired) electrons. The minimum atomic E-state index is -4.36. The number of imidazole rings is 1. The van der Waals surface area contributed by atoms with Crippen molar-refractivity contribution < 1.29 is 13.2 Å². The molecular weight excluding hydrogens is 315 g/mol. The number of hydrogen-bond acceptors (Lipinski definition) is 2. The monoisotopic (exact) mass is 333 g/mol. The minimum absolute atomic E-state index is 0.0468. The standard InChI is InChI=1S/C18H18F3N3/c1-17(2,3)24-13-7-4-11(5-8-13)16-22-14-9-6-12(18(19,20)21)10-15(14)23-16/h4-10,24H,1-3H3,(H,22,23). The van der Waals surface area contributed by atoms with Crippen LogP contribution in [0, 0.1) is 0 Å². The van der Waals surface area contributed by atoms with Gasteiger partial charge < -0.3 is 10.3 Å². The number of anilines is 1. The maximum absolute atomic E-state index is 12.8. The molecule has 1 aromatic heterocycles. The van der Waals surface area contributed by atoms with Crippen molar-refractivity contribution in [2.75, 3.05) is 5.32 Å². The van der Waals surface area contributed by atoms with Gasteiger partial charge in [0.25, 0.3) is 0 Å². The van der Waals surface area contributed by atoms with E-state index in [9.17, 15) is 13.2 Å². The van der Waals surface area contributed by atoms with Crippen molar-refractivity contribution in [3.05, 3.63) is 48.0 Å². The second-order valence-electron chi connectivity index (χ2n) is 6.77. The summed E-state index contributed by atoms with van der Waals surface area (Å²) in [6, 6.07) is 11.1. The molecule has 1 heterocycles. The first-order chi connectivity index (χ1) is 11.1. The van der Waals surface area contributed by atoms with Crippen molar-refractivity contribution in [1.29, 1.82) is 0 Å². The third kappa shape index (κ3) is 3.53. The molecule has 0 aliphatic rings. The van der Waals surface area contributed by atoms with Gasteiger partial charge in [0.2, 0.25) is 0 Å². The minimum Gasteiger partial charge on any atom is -0.380 e. The van der Waals surface area contributed by atoms with Crippen LogP contribution in [-0.4, -0.2) is 15.5 Å². The highest BCUT2D eigenvalue weighted by molar-refractivity contribution is 5.80. The van der Waals surface area contributed by atoms with E-state index in [1.807, 2.05) is 24.3 Å². The summed E-state index contributed by atoms with van der Waals surface area (Å²) in [5, 5.41) is 3.35. The van der Waals surface area contributed by atoms with Crippen molar-refractivity contribution >= 4 is 16.7 Å². The number of halogens is 3. The van der Waals surface area contributed by atoms with Crippen LogP contribution in [0.3, 0.4) is 0 Å². The van der Waals surface area contributed by atoms with Gasteiger partial charge in [-0.3, -0.25) is 0 Å². The first kappa shape index (κ1) is 16.4. The summed E-state index contributed by atoms with van der Waals surface area (Å²) in [4.78, 5) is 7.33. The topological polar surface area (TPSA) is 40.7 Å². The van der Waals surface area contributed by atoms with E-state index in [-0.39, 0.29) is 5.54 Å². The van der Waals surface area contributed by atoms with E-state index in [1.54, 1.807) is 0 Å². The number of fused-ring (bicyclic) bond motifs is 1. The highest BCUT2D eigenvalue weighted by atomic mass is 19.4. The third-order valence-corrected chi connectivity index (χ3v) is 3.49. The Hall–Kier alpha value is -2.50. The lowest BCUT2D eigenvalue weighted by Crippen LogP contribution is -2.25. The zero-order valence-corrected chi connectivity index (χ0v) is 13.6. The molecular formula is C18H18F3N3. The summed E-state index contributed by atoms with van der Waals surface area (Å²) >= 11 is 0. The van der Waals surface area contributed by atoms with Crippen molar-refractivity contribution in [1.82, 2.24) is 9.97 Å². The van der Waals surface area contributed by atoms with Crippen molar-refractivity contribution in [3.8, 4) is 11.4 Å². The lowest BCUT2D eigenvalue weighted by Gasteiger charge is -2.22. The van der Waals surface area contributed by atoms with Crippen LogP contribution in [0.25, 0.3) is 22.4 Å². The summed E-state index contributed by atoms with van der Waals surface area (Å²) in [5.74, 6) is 0.548. The fourth-order valence-corrected chi connectivity index (χ4v) is 2.47. The van der Waals surface area contributed by atoms with Gasteiger partial charge in [0, 0.05) is 16.8 Å². The van der Waals surface area contributed by atoms with Gasteiger partial charge in [0.05, 0.1) is 16.6 Å². The Morgan fingerprint density at radius 1 is 0.958 bits per heavy atom. The van der Waals surface area contributed by atoms with Crippen LogP contribution in [0.15, 0.2) is 42.5 Å². The normalized spacial score (nSPS) is 12.6. The molecule has 0 spiro atoms. The van der Waals surface area contributed by atoms with Crippen LogP contribution in [0.1, 0.15) is 26.3 Å². The summed E-state index contributed by atoms with van der Waals surface area (Å²) in [7, 11) is 0. The average molecular weight is 333 g/mol. The highest BCUT2D eigenvalue weighted by Gasteiger charge is 2.30. The van der Waals surface area contributed by atoms with Gasteiger partial charge in [-0.2, -0.15) is 13.2 Å². The van der Waals surface area contributed by atoms with Crippen LogP contribution in [0.4, 0.5) is 18.9 Å². The number of alkyl halides is 3. The van der Waals surface area contributed by atoms with E-state index >= 15 is 0 Å². The van der Waals surface area contributed by atoms with E-state index in [0.717, 1.165) is 23.4 Å². The SMILES string of the molecule is CC(C)(C)Nc1ccc(-c2nc3ccc(C(F)(F)F)cc3[nH]2)cc1. The first-order valence-electron chi connectivity index (χ1n) is 7.57. The Morgan fingerprint density at radius 2 is 1.62 bits per heavy atom. The molecule has 3 aromatic rings. The average Bonchev–Trinajstić information content (AvgIpc) is 2.88. The van der Waals surface area contributed by atoms with Gasteiger partial charge in [0.1, 0.15) is 5.82 Å². The lowest BCUT2D eigenvalue weighted by molar-refractivity contribution is -0.137. The lowest BCUT2D eigenvalue weighted by atomic mass is 10.1. The van der Waals surface area contributed by atoms with Crippen LogP contribution < -0.4 is 5.32 Å². The Kier molecular flexibility index (Phi) is 3.78. The van der Waals surface area contributed by atoms with Gasteiger partial charge in [-0.05, 0) is 63.2 Å². The number of H-pyrrole nitrogens is 1. The Balaban J connectivity index is 1.92. The van der Waals surface area contributed by atoms with E-state index < -0.39 is 11.7 Å². The smallest absolute Gasteiger partial charge is 0.380 e. The predicted molar refractivity (Wildman–Crippen MR) is 89.9 cm³/mol. The van der Waals surface area contributed by atoms with Crippen LogP contribution in [0.2, 0.25) is 0 Å². The van der Waals surface area contributed by atoms with Crippen molar-refractivity contribution in [2.24, 2.45) is 0 Å². The zero-order chi connectivity index (χ0) is 17.5. The van der Waals surface area contributed by atoms with Crippen molar-refractivity contribution in [2.45, 2.75) is 32.5 Å². The Bertz CT molecular complexity index is 856.